The fourth-order valence-electron chi connectivity index (χ4n) is 2.11. The van der Waals surface area contributed by atoms with Gasteiger partial charge in [-0.05, 0) is 24.6 Å². The first kappa shape index (κ1) is 14.5. The van der Waals surface area contributed by atoms with Gasteiger partial charge in [0.05, 0.1) is 19.8 Å². The van der Waals surface area contributed by atoms with Crippen molar-refractivity contribution in [3.05, 3.63) is 35.0 Å². The first-order valence-corrected chi connectivity index (χ1v) is 7.67. The van der Waals surface area contributed by atoms with Crippen molar-refractivity contribution in [1.82, 2.24) is 10.2 Å². The second-order valence-corrected chi connectivity index (χ2v) is 5.76. The molecule has 2 aromatic heterocycles. The number of fused-ring (bicyclic) bond motifs is 1. The third-order valence-electron chi connectivity index (χ3n) is 3.23. The maximum absolute atomic E-state index is 12.1. The molecular weight excluding hydrogens is 302 g/mol. The Morgan fingerprint density at radius 1 is 1.41 bits per heavy atom. The van der Waals surface area contributed by atoms with Crippen LogP contribution in [0.15, 0.2) is 28.9 Å². The number of rotatable bonds is 5. The fraction of sp³-hybridized carbons (Fsp3) is 0.267. The summed E-state index contributed by atoms with van der Waals surface area (Å²) in [6, 6.07) is 5.51. The van der Waals surface area contributed by atoms with E-state index in [9.17, 15) is 4.79 Å². The maximum Gasteiger partial charge on any atom is 0.230 e. The highest BCUT2D eigenvalue weighted by molar-refractivity contribution is 7.15. The van der Waals surface area contributed by atoms with Gasteiger partial charge < -0.3 is 14.5 Å². The number of aryl methyl sites for hydroxylation is 1. The van der Waals surface area contributed by atoms with Crippen LogP contribution in [0.25, 0.3) is 11.0 Å². The van der Waals surface area contributed by atoms with Crippen molar-refractivity contribution in [2.24, 2.45) is 0 Å². The smallest absolute Gasteiger partial charge is 0.230 e. The SMILES string of the molecule is CCc1nnc(NC(=O)Cc2coc3ccc(OC)cc23)s1. The number of benzene rings is 1. The van der Waals surface area contributed by atoms with Gasteiger partial charge in [0.15, 0.2) is 0 Å². The molecule has 0 aliphatic rings. The minimum atomic E-state index is -0.149. The standard InChI is InChI=1S/C15H15N3O3S/c1-3-14-17-18-15(22-14)16-13(19)6-9-8-21-12-5-4-10(20-2)7-11(9)12/h4-5,7-8H,3,6H2,1-2H3,(H,16,18,19). The Balaban J connectivity index is 1.76. The van der Waals surface area contributed by atoms with Crippen LogP contribution >= 0.6 is 11.3 Å². The molecule has 114 valence electrons. The van der Waals surface area contributed by atoms with Crippen molar-refractivity contribution in [2.75, 3.05) is 12.4 Å². The average Bonchev–Trinajstić information content (AvgIpc) is 3.14. The molecule has 22 heavy (non-hydrogen) atoms. The van der Waals surface area contributed by atoms with Crippen LogP contribution in [0.5, 0.6) is 5.75 Å². The Bertz CT molecular complexity index is 809. The topological polar surface area (TPSA) is 77.3 Å². The van der Waals surface area contributed by atoms with E-state index in [2.05, 4.69) is 15.5 Å². The molecule has 0 bridgehead atoms. The summed E-state index contributed by atoms with van der Waals surface area (Å²) in [5.74, 6) is 0.580. The zero-order valence-corrected chi connectivity index (χ0v) is 13.1. The summed E-state index contributed by atoms with van der Waals surface area (Å²) in [6.45, 7) is 2.00. The van der Waals surface area contributed by atoms with Crippen LogP contribution < -0.4 is 10.1 Å². The lowest BCUT2D eigenvalue weighted by molar-refractivity contribution is -0.115. The molecule has 0 aliphatic carbocycles. The van der Waals surface area contributed by atoms with E-state index in [-0.39, 0.29) is 12.3 Å². The lowest BCUT2D eigenvalue weighted by Crippen LogP contribution is -2.14. The van der Waals surface area contributed by atoms with Crippen LogP contribution in [0.2, 0.25) is 0 Å². The molecular formula is C15H15N3O3S. The molecule has 7 heteroatoms. The largest absolute Gasteiger partial charge is 0.497 e. The maximum atomic E-state index is 12.1. The van der Waals surface area contributed by atoms with Gasteiger partial charge in [-0.15, -0.1) is 10.2 Å². The number of hydrogen-bond acceptors (Lipinski definition) is 6. The summed E-state index contributed by atoms with van der Waals surface area (Å²) in [4.78, 5) is 12.1. The van der Waals surface area contributed by atoms with Crippen LogP contribution in [-0.4, -0.2) is 23.2 Å². The first-order chi connectivity index (χ1) is 10.7. The second-order valence-electron chi connectivity index (χ2n) is 4.70. The highest BCUT2D eigenvalue weighted by Crippen LogP contribution is 2.26. The Hall–Kier alpha value is -2.41. The van der Waals surface area contributed by atoms with E-state index in [1.54, 1.807) is 13.4 Å². The molecule has 0 atom stereocenters. The number of nitrogens with zero attached hydrogens (tertiary/aromatic N) is 2. The Morgan fingerprint density at radius 3 is 3.00 bits per heavy atom. The van der Waals surface area contributed by atoms with E-state index in [1.165, 1.54) is 11.3 Å². The van der Waals surface area contributed by atoms with Gasteiger partial charge in [-0.3, -0.25) is 4.79 Å². The van der Waals surface area contributed by atoms with Gasteiger partial charge in [0.25, 0.3) is 0 Å². The molecule has 0 saturated carbocycles. The van der Waals surface area contributed by atoms with Crippen molar-refractivity contribution < 1.29 is 13.9 Å². The first-order valence-electron chi connectivity index (χ1n) is 6.86. The number of aromatic nitrogens is 2. The van der Waals surface area contributed by atoms with Gasteiger partial charge in [0.1, 0.15) is 16.3 Å². The number of furan rings is 1. The molecule has 0 radical (unpaired) electrons. The van der Waals surface area contributed by atoms with Gasteiger partial charge in [0.2, 0.25) is 11.0 Å². The van der Waals surface area contributed by atoms with E-state index in [0.717, 1.165) is 33.7 Å². The summed E-state index contributed by atoms with van der Waals surface area (Å²) in [6.07, 6.45) is 2.61. The predicted molar refractivity (Wildman–Crippen MR) is 84.4 cm³/mol. The van der Waals surface area contributed by atoms with Gasteiger partial charge >= 0.3 is 0 Å². The van der Waals surface area contributed by atoms with Gasteiger partial charge in [0, 0.05) is 10.9 Å². The molecule has 6 nitrogen and oxygen atoms in total. The third kappa shape index (κ3) is 2.94. The minimum absolute atomic E-state index is 0.149. The van der Waals surface area contributed by atoms with Crippen molar-refractivity contribution in [2.45, 2.75) is 19.8 Å². The molecule has 0 unspecified atom stereocenters. The molecule has 1 amide bonds. The van der Waals surface area contributed by atoms with Crippen molar-refractivity contribution in [3.63, 3.8) is 0 Å². The zero-order chi connectivity index (χ0) is 15.5. The molecule has 1 aromatic carbocycles. The Kier molecular flexibility index (Phi) is 4.06. The summed E-state index contributed by atoms with van der Waals surface area (Å²) in [7, 11) is 1.61. The highest BCUT2D eigenvalue weighted by Gasteiger charge is 2.13. The van der Waals surface area contributed by atoms with E-state index in [4.69, 9.17) is 9.15 Å². The van der Waals surface area contributed by atoms with Gasteiger partial charge in [-0.1, -0.05) is 18.3 Å². The van der Waals surface area contributed by atoms with Crippen LogP contribution in [0, 0.1) is 0 Å². The highest BCUT2D eigenvalue weighted by atomic mass is 32.1. The normalized spacial score (nSPS) is 10.8. The predicted octanol–water partition coefficient (Wildman–Crippen LogP) is 3.04. The summed E-state index contributed by atoms with van der Waals surface area (Å²) in [5.41, 5.74) is 1.54. The molecule has 0 fully saturated rings. The molecule has 0 spiro atoms. The lowest BCUT2D eigenvalue weighted by Gasteiger charge is -2.01. The molecule has 0 aliphatic heterocycles. The minimum Gasteiger partial charge on any atom is -0.497 e. The van der Waals surface area contributed by atoms with E-state index >= 15 is 0 Å². The molecule has 2 heterocycles. The van der Waals surface area contributed by atoms with E-state index in [1.807, 2.05) is 25.1 Å². The number of carbonyl (C=O) groups excluding carboxylic acids is 1. The summed E-state index contributed by atoms with van der Waals surface area (Å²) in [5, 5.41) is 13.0. The van der Waals surface area contributed by atoms with Crippen molar-refractivity contribution in [1.29, 1.82) is 0 Å². The summed E-state index contributed by atoms with van der Waals surface area (Å²) < 4.78 is 10.7. The summed E-state index contributed by atoms with van der Waals surface area (Å²) >= 11 is 1.39. The molecule has 0 saturated heterocycles. The van der Waals surface area contributed by atoms with Gasteiger partial charge in [-0.2, -0.15) is 0 Å². The van der Waals surface area contributed by atoms with Crippen LogP contribution in [-0.2, 0) is 17.6 Å². The Morgan fingerprint density at radius 2 is 2.27 bits per heavy atom. The van der Waals surface area contributed by atoms with E-state index in [0.29, 0.717) is 5.13 Å². The monoisotopic (exact) mass is 317 g/mol. The van der Waals surface area contributed by atoms with Crippen molar-refractivity contribution >= 4 is 33.3 Å². The lowest BCUT2D eigenvalue weighted by atomic mass is 10.1. The third-order valence-corrected chi connectivity index (χ3v) is 4.21. The van der Waals surface area contributed by atoms with Crippen LogP contribution in [0.1, 0.15) is 17.5 Å². The second kappa shape index (κ2) is 6.15. The quantitative estimate of drug-likeness (QED) is 0.782. The zero-order valence-electron chi connectivity index (χ0n) is 12.3. The van der Waals surface area contributed by atoms with Gasteiger partial charge in [-0.25, -0.2) is 0 Å². The van der Waals surface area contributed by atoms with E-state index < -0.39 is 0 Å². The average molecular weight is 317 g/mol. The number of anilines is 1. The number of hydrogen-bond donors (Lipinski definition) is 1. The number of carbonyl (C=O) groups is 1. The number of nitrogens with one attached hydrogen (secondary N) is 1. The fourth-order valence-corrected chi connectivity index (χ4v) is 2.80. The van der Waals surface area contributed by atoms with Crippen LogP contribution in [0.3, 0.4) is 0 Å². The molecule has 1 N–H and O–H groups in total. The molecule has 3 aromatic rings. The Labute approximate surface area is 131 Å². The number of methoxy groups -OCH3 is 1. The number of ether oxygens (including phenoxy) is 1. The number of amides is 1. The van der Waals surface area contributed by atoms with Crippen molar-refractivity contribution in [3.8, 4) is 5.75 Å². The van der Waals surface area contributed by atoms with Crippen LogP contribution in [0.4, 0.5) is 5.13 Å². The molecule has 3 rings (SSSR count).